The maximum Gasteiger partial charge on any atom is 0.416 e. The molecule has 3 aromatic rings. The van der Waals surface area contributed by atoms with Gasteiger partial charge in [-0.1, -0.05) is 0 Å². The van der Waals surface area contributed by atoms with Crippen LogP contribution in [-0.4, -0.2) is 27.9 Å². The molecule has 1 aromatic heterocycles. The minimum Gasteiger partial charge on any atom is -0.496 e. The average Bonchev–Trinajstić information content (AvgIpc) is 2.68. The number of halogens is 5. The first-order valence-electron chi connectivity index (χ1n) is 8.81. The molecule has 0 aliphatic carbocycles. The molecule has 11 heteroatoms. The predicted molar refractivity (Wildman–Crippen MR) is 110 cm³/mol. The molecule has 0 saturated carbocycles. The predicted octanol–water partition coefficient (Wildman–Crippen LogP) is 5.80. The third kappa shape index (κ3) is 5.61. The number of hydrogen-bond acceptors (Lipinski definition) is 5. The normalized spacial score (nSPS) is 13.1. The Kier molecular flexibility index (Phi) is 6.65. The highest BCUT2D eigenvalue weighted by Crippen LogP contribution is 2.35. The molecule has 0 bridgehead atoms. The van der Waals surface area contributed by atoms with Crippen molar-refractivity contribution in [3.8, 4) is 17.0 Å². The van der Waals surface area contributed by atoms with E-state index in [1.807, 2.05) is 0 Å². The van der Waals surface area contributed by atoms with E-state index in [-0.39, 0.29) is 40.0 Å². The van der Waals surface area contributed by atoms with Gasteiger partial charge in [-0.05, 0) is 42.2 Å². The Hall–Kier alpha value is -2.92. The van der Waals surface area contributed by atoms with Crippen molar-refractivity contribution in [1.82, 2.24) is 9.97 Å². The van der Waals surface area contributed by atoms with Gasteiger partial charge < -0.3 is 14.6 Å². The summed E-state index contributed by atoms with van der Waals surface area (Å²) in [5.41, 5.74) is -0.685. The summed E-state index contributed by atoms with van der Waals surface area (Å²) in [6, 6.07) is 6.68. The van der Waals surface area contributed by atoms with E-state index in [0.717, 1.165) is 30.5 Å². The molecule has 2 aromatic carbocycles. The van der Waals surface area contributed by atoms with Gasteiger partial charge in [0.15, 0.2) is 5.82 Å². The first kappa shape index (κ1) is 22.8. The molecule has 0 spiro atoms. The molecule has 3 rings (SSSR count). The van der Waals surface area contributed by atoms with Crippen molar-refractivity contribution in [2.24, 2.45) is 0 Å². The van der Waals surface area contributed by atoms with Crippen LogP contribution in [0.1, 0.15) is 11.1 Å². The zero-order chi connectivity index (χ0) is 22.8. The van der Waals surface area contributed by atoms with Crippen LogP contribution in [0.4, 0.5) is 33.6 Å². The van der Waals surface area contributed by atoms with Gasteiger partial charge in [0.1, 0.15) is 17.3 Å². The summed E-state index contributed by atoms with van der Waals surface area (Å²) in [6.07, 6.45) is -2.23. The number of aromatic nitrogens is 2. The first-order valence-corrected chi connectivity index (χ1v) is 10.7. The van der Waals surface area contributed by atoms with Crippen LogP contribution in [0, 0.1) is 11.6 Å². The topological polar surface area (TPSA) is 67.3 Å². The lowest BCUT2D eigenvalue weighted by molar-refractivity contribution is -0.137. The van der Waals surface area contributed by atoms with Crippen LogP contribution in [0.25, 0.3) is 11.3 Å². The fraction of sp³-hybridized carbons (Fsp3) is 0.200. The third-order valence-corrected chi connectivity index (χ3v) is 4.97. The van der Waals surface area contributed by atoms with Crippen molar-refractivity contribution in [3.05, 3.63) is 65.4 Å². The van der Waals surface area contributed by atoms with Crippen molar-refractivity contribution in [2.75, 3.05) is 18.7 Å². The van der Waals surface area contributed by atoms with Gasteiger partial charge in [0, 0.05) is 23.1 Å². The highest BCUT2D eigenvalue weighted by atomic mass is 32.2. The summed E-state index contributed by atoms with van der Waals surface area (Å²) in [5, 5.41) is 2.64. The zero-order valence-corrected chi connectivity index (χ0v) is 17.2. The second-order valence-corrected chi connectivity index (χ2v) is 8.22. The van der Waals surface area contributed by atoms with Crippen LogP contribution >= 0.6 is 11.2 Å². The molecule has 166 valence electrons. The zero-order valence-electron chi connectivity index (χ0n) is 16.3. The van der Waals surface area contributed by atoms with Gasteiger partial charge in [-0.15, -0.1) is 11.2 Å². The molecule has 0 amide bonds. The largest absolute Gasteiger partial charge is 0.496 e. The maximum atomic E-state index is 14.4. The van der Waals surface area contributed by atoms with Gasteiger partial charge in [-0.2, -0.15) is 13.2 Å². The van der Waals surface area contributed by atoms with Gasteiger partial charge >= 0.3 is 6.18 Å². The summed E-state index contributed by atoms with van der Waals surface area (Å²) in [6.45, 7) is 0. The summed E-state index contributed by atoms with van der Waals surface area (Å²) in [5.74, 6) is -1.49. The van der Waals surface area contributed by atoms with E-state index in [1.165, 1.54) is 25.5 Å². The Morgan fingerprint density at radius 1 is 1.13 bits per heavy atom. The summed E-state index contributed by atoms with van der Waals surface area (Å²) < 4.78 is 82.3. The van der Waals surface area contributed by atoms with Gasteiger partial charge in [0.2, 0.25) is 5.95 Å². The lowest BCUT2D eigenvalue weighted by atomic mass is 10.1. The molecule has 0 aliphatic heterocycles. The van der Waals surface area contributed by atoms with Crippen LogP contribution in [0.5, 0.6) is 5.75 Å². The molecule has 31 heavy (non-hydrogen) atoms. The van der Waals surface area contributed by atoms with E-state index in [9.17, 15) is 26.5 Å². The molecule has 1 heterocycles. The quantitative estimate of drug-likeness (QED) is 0.321. The van der Waals surface area contributed by atoms with Crippen LogP contribution in [0.3, 0.4) is 0 Å². The number of benzene rings is 2. The Labute approximate surface area is 177 Å². The summed E-state index contributed by atoms with van der Waals surface area (Å²) in [4.78, 5) is 7.81. The van der Waals surface area contributed by atoms with Crippen molar-refractivity contribution in [2.45, 2.75) is 11.9 Å². The van der Waals surface area contributed by atoms with Crippen molar-refractivity contribution in [3.63, 3.8) is 0 Å². The molecular formula is C20H18F5N3O2S. The number of thiol groups is 1. The van der Waals surface area contributed by atoms with Crippen LogP contribution in [-0.2, 0) is 11.9 Å². The highest BCUT2D eigenvalue weighted by molar-refractivity contribution is 8.10. The fourth-order valence-electron chi connectivity index (χ4n) is 2.89. The summed E-state index contributed by atoms with van der Waals surface area (Å²) >= 11 is -1.47. The Morgan fingerprint density at radius 3 is 2.52 bits per heavy atom. The van der Waals surface area contributed by atoms with Gasteiger partial charge in [-0.25, -0.2) is 18.7 Å². The van der Waals surface area contributed by atoms with Crippen LogP contribution in [0.2, 0.25) is 0 Å². The number of alkyl halides is 3. The highest BCUT2D eigenvalue weighted by Gasteiger charge is 2.31. The lowest BCUT2D eigenvalue weighted by Gasteiger charge is -2.15. The second-order valence-electron chi connectivity index (χ2n) is 6.59. The van der Waals surface area contributed by atoms with Gasteiger partial charge in [-0.3, -0.25) is 0 Å². The van der Waals surface area contributed by atoms with Crippen LogP contribution < -0.4 is 10.1 Å². The van der Waals surface area contributed by atoms with E-state index >= 15 is 0 Å². The third-order valence-electron chi connectivity index (χ3n) is 4.15. The van der Waals surface area contributed by atoms with E-state index in [1.54, 1.807) is 0 Å². The standard InChI is InChI=1S/C20H18F5N3O2S/c1-30-17-8-13(21)3-4-15(17)18-16(22)9-26-19(28-18)27-14-6-11(10-31(2)29)5-12(7-14)20(23,24)25/h3-9,29,31H,10H2,1-2H3,(H,26,27,28). The number of ether oxygens (including phenoxy) is 1. The lowest BCUT2D eigenvalue weighted by Crippen LogP contribution is -2.08. The van der Waals surface area contributed by atoms with E-state index in [4.69, 9.17) is 4.74 Å². The Bertz CT molecular complexity index is 1090. The maximum absolute atomic E-state index is 14.4. The molecule has 0 aliphatic rings. The van der Waals surface area contributed by atoms with E-state index in [0.29, 0.717) is 0 Å². The van der Waals surface area contributed by atoms with Crippen molar-refractivity contribution >= 4 is 22.8 Å². The van der Waals surface area contributed by atoms with Crippen LogP contribution in [0.15, 0.2) is 42.6 Å². The Balaban J connectivity index is 2.01. The van der Waals surface area contributed by atoms with Crippen molar-refractivity contribution in [1.29, 1.82) is 0 Å². The van der Waals surface area contributed by atoms with Crippen molar-refractivity contribution < 1.29 is 31.2 Å². The molecule has 1 unspecified atom stereocenters. The average molecular weight is 459 g/mol. The molecule has 5 nitrogen and oxygen atoms in total. The summed E-state index contributed by atoms with van der Waals surface area (Å²) in [7, 11) is 1.28. The molecule has 0 saturated heterocycles. The number of nitrogens with one attached hydrogen (secondary N) is 1. The smallest absolute Gasteiger partial charge is 0.416 e. The number of hydrogen-bond donors (Lipinski definition) is 3. The Morgan fingerprint density at radius 2 is 1.87 bits per heavy atom. The number of rotatable bonds is 6. The minimum absolute atomic E-state index is 0.0188. The number of methoxy groups -OCH3 is 1. The molecule has 2 N–H and O–H groups in total. The minimum atomic E-state index is -4.60. The van der Waals surface area contributed by atoms with Gasteiger partial charge in [0.05, 0.1) is 18.9 Å². The number of nitrogens with zero attached hydrogens (tertiary/aromatic N) is 2. The number of anilines is 2. The van der Waals surface area contributed by atoms with Gasteiger partial charge in [0.25, 0.3) is 0 Å². The molecular weight excluding hydrogens is 441 g/mol. The van der Waals surface area contributed by atoms with E-state index in [2.05, 4.69) is 15.3 Å². The SMILES string of the molecule is COc1cc(F)ccc1-c1nc(Nc2cc(C[SH](C)O)cc(C(F)(F)F)c2)ncc1F. The first-order chi connectivity index (χ1) is 14.6. The molecule has 1 atom stereocenters. The molecule has 0 radical (unpaired) electrons. The second kappa shape index (κ2) is 9.06. The molecule has 0 fully saturated rings. The fourth-order valence-corrected chi connectivity index (χ4v) is 3.60. The van der Waals surface area contributed by atoms with E-state index < -0.39 is 34.6 Å². The monoisotopic (exact) mass is 459 g/mol.